The van der Waals surface area contributed by atoms with Crippen LogP contribution < -0.4 is 5.73 Å². The van der Waals surface area contributed by atoms with Crippen LogP contribution >= 0.6 is 0 Å². The van der Waals surface area contributed by atoms with E-state index in [0.29, 0.717) is 17.8 Å². The van der Waals surface area contributed by atoms with Crippen molar-refractivity contribution in [3.8, 4) is 12.3 Å². The zero-order valence-electron chi connectivity index (χ0n) is 8.95. The predicted octanol–water partition coefficient (Wildman–Crippen LogP) is 1.28. The summed E-state index contributed by atoms with van der Waals surface area (Å²) in [4.78, 5) is 13.4. The van der Waals surface area contributed by atoms with Crippen molar-refractivity contribution in [2.24, 2.45) is 0 Å². The Morgan fingerprint density at radius 1 is 1.60 bits per heavy atom. The molecule has 0 bridgehead atoms. The molecule has 0 spiro atoms. The number of nitrogens with zero attached hydrogens (tertiary/aromatic N) is 1. The normalized spacial score (nSPS) is 9.40. The van der Waals surface area contributed by atoms with E-state index < -0.39 is 0 Å². The number of benzene rings is 1. The molecule has 0 saturated carbocycles. The van der Waals surface area contributed by atoms with Crippen LogP contribution in [0, 0.1) is 19.3 Å². The van der Waals surface area contributed by atoms with Crippen LogP contribution in [0.5, 0.6) is 0 Å². The number of carbonyl (C=O) groups is 1. The van der Waals surface area contributed by atoms with Gasteiger partial charge in [0.25, 0.3) is 5.91 Å². The van der Waals surface area contributed by atoms with Crippen molar-refractivity contribution in [1.29, 1.82) is 0 Å². The topological polar surface area (TPSA) is 46.3 Å². The third-order valence-corrected chi connectivity index (χ3v) is 2.17. The lowest BCUT2D eigenvalue weighted by Gasteiger charge is -2.15. The third kappa shape index (κ3) is 2.50. The van der Waals surface area contributed by atoms with E-state index in [1.54, 1.807) is 19.2 Å². The van der Waals surface area contributed by atoms with Gasteiger partial charge in [0.15, 0.2) is 0 Å². The molecule has 2 N–H and O–H groups in total. The molecule has 0 aliphatic heterocycles. The van der Waals surface area contributed by atoms with Crippen LogP contribution in [0.1, 0.15) is 15.9 Å². The van der Waals surface area contributed by atoms with Crippen molar-refractivity contribution in [3.05, 3.63) is 29.3 Å². The average molecular weight is 202 g/mol. The third-order valence-electron chi connectivity index (χ3n) is 2.17. The zero-order valence-corrected chi connectivity index (χ0v) is 8.95. The second-order valence-corrected chi connectivity index (χ2v) is 3.44. The van der Waals surface area contributed by atoms with Crippen LogP contribution in [0.25, 0.3) is 0 Å². The summed E-state index contributed by atoms with van der Waals surface area (Å²) in [5.41, 5.74) is 7.72. The van der Waals surface area contributed by atoms with Crippen molar-refractivity contribution >= 4 is 11.6 Å². The van der Waals surface area contributed by atoms with Crippen LogP contribution in [0.3, 0.4) is 0 Å². The summed E-state index contributed by atoms with van der Waals surface area (Å²) >= 11 is 0. The molecule has 1 aromatic rings. The number of terminal acetylenes is 1. The molecule has 1 aromatic carbocycles. The fourth-order valence-electron chi connectivity index (χ4n) is 1.28. The molecule has 0 atom stereocenters. The molecular weight excluding hydrogens is 188 g/mol. The smallest absolute Gasteiger partial charge is 0.254 e. The number of amides is 1. The Morgan fingerprint density at radius 3 is 2.87 bits per heavy atom. The molecule has 3 nitrogen and oxygen atoms in total. The van der Waals surface area contributed by atoms with Gasteiger partial charge in [0.05, 0.1) is 6.54 Å². The van der Waals surface area contributed by atoms with Crippen LogP contribution in [-0.2, 0) is 0 Å². The number of hydrogen-bond acceptors (Lipinski definition) is 2. The van der Waals surface area contributed by atoms with Gasteiger partial charge in [-0.15, -0.1) is 6.42 Å². The minimum absolute atomic E-state index is 0.0993. The van der Waals surface area contributed by atoms with E-state index in [2.05, 4.69) is 5.92 Å². The van der Waals surface area contributed by atoms with Crippen molar-refractivity contribution in [3.63, 3.8) is 0 Å². The van der Waals surface area contributed by atoms with Gasteiger partial charge in [-0.3, -0.25) is 4.79 Å². The largest absolute Gasteiger partial charge is 0.399 e. The molecule has 78 valence electrons. The van der Waals surface area contributed by atoms with Gasteiger partial charge in [0.1, 0.15) is 0 Å². The molecule has 1 amide bonds. The molecule has 0 radical (unpaired) electrons. The molecule has 15 heavy (non-hydrogen) atoms. The van der Waals surface area contributed by atoms with Crippen LogP contribution in [0.15, 0.2) is 18.2 Å². The number of rotatable bonds is 2. The molecule has 0 aliphatic carbocycles. The molecule has 0 saturated heterocycles. The van der Waals surface area contributed by atoms with Gasteiger partial charge >= 0.3 is 0 Å². The lowest BCUT2D eigenvalue weighted by atomic mass is 10.1. The lowest BCUT2D eigenvalue weighted by Crippen LogP contribution is -2.27. The monoisotopic (exact) mass is 202 g/mol. The van der Waals surface area contributed by atoms with Crippen LogP contribution in [0.2, 0.25) is 0 Å². The summed E-state index contributed by atoms with van der Waals surface area (Å²) in [6, 6.07) is 5.27. The van der Waals surface area contributed by atoms with Gasteiger partial charge in [-0.1, -0.05) is 12.0 Å². The van der Waals surface area contributed by atoms with Gasteiger partial charge in [-0.2, -0.15) is 0 Å². The highest BCUT2D eigenvalue weighted by Gasteiger charge is 2.13. The Kier molecular flexibility index (Phi) is 3.35. The fraction of sp³-hybridized carbons (Fsp3) is 0.250. The summed E-state index contributed by atoms with van der Waals surface area (Å²) in [6.45, 7) is 2.17. The highest BCUT2D eigenvalue weighted by atomic mass is 16.2. The Hall–Kier alpha value is -1.95. The fourth-order valence-corrected chi connectivity index (χ4v) is 1.28. The molecule has 3 heteroatoms. The standard InChI is InChI=1S/C12H14N2O/c1-4-7-14(3)12(15)11-8-10(13)6-5-9(11)2/h1,5-6,8H,7,13H2,2-3H3. The summed E-state index contributed by atoms with van der Waals surface area (Å²) < 4.78 is 0. The minimum atomic E-state index is -0.0993. The van der Waals surface area contributed by atoms with Crippen LogP contribution in [0.4, 0.5) is 5.69 Å². The highest BCUT2D eigenvalue weighted by Crippen LogP contribution is 2.14. The maximum Gasteiger partial charge on any atom is 0.254 e. The van der Waals surface area contributed by atoms with E-state index in [9.17, 15) is 4.79 Å². The molecule has 0 aromatic heterocycles. The maximum atomic E-state index is 11.9. The highest BCUT2D eigenvalue weighted by molar-refractivity contribution is 5.96. The molecule has 0 aliphatic rings. The van der Waals surface area contributed by atoms with Crippen molar-refractivity contribution in [2.75, 3.05) is 19.3 Å². The molecule has 0 unspecified atom stereocenters. The first kappa shape index (κ1) is 11.1. The SMILES string of the molecule is C#CCN(C)C(=O)c1cc(N)ccc1C. The quantitative estimate of drug-likeness (QED) is 0.580. The van der Waals surface area contributed by atoms with E-state index in [0.717, 1.165) is 5.56 Å². The van der Waals surface area contributed by atoms with E-state index in [1.807, 2.05) is 13.0 Å². The molecule has 1 rings (SSSR count). The summed E-state index contributed by atoms with van der Waals surface area (Å²) in [5.74, 6) is 2.33. The van der Waals surface area contributed by atoms with Gasteiger partial charge in [-0.25, -0.2) is 0 Å². The van der Waals surface area contributed by atoms with E-state index in [1.165, 1.54) is 4.90 Å². The number of anilines is 1. The van der Waals surface area contributed by atoms with E-state index >= 15 is 0 Å². The van der Waals surface area contributed by atoms with Crippen molar-refractivity contribution in [2.45, 2.75) is 6.92 Å². The number of aryl methyl sites for hydroxylation is 1. The Bertz CT molecular complexity index is 418. The number of carbonyl (C=O) groups excluding carboxylic acids is 1. The first-order valence-corrected chi connectivity index (χ1v) is 4.61. The maximum absolute atomic E-state index is 11.9. The Morgan fingerprint density at radius 2 is 2.27 bits per heavy atom. The second kappa shape index (κ2) is 4.52. The Labute approximate surface area is 89.9 Å². The number of hydrogen-bond donors (Lipinski definition) is 1. The number of nitrogen functional groups attached to an aromatic ring is 1. The van der Waals surface area contributed by atoms with Crippen LogP contribution in [-0.4, -0.2) is 24.4 Å². The summed E-state index contributed by atoms with van der Waals surface area (Å²) in [7, 11) is 1.67. The average Bonchev–Trinajstić information content (AvgIpc) is 2.21. The van der Waals surface area contributed by atoms with E-state index in [4.69, 9.17) is 12.2 Å². The minimum Gasteiger partial charge on any atom is -0.399 e. The lowest BCUT2D eigenvalue weighted by molar-refractivity contribution is 0.0812. The summed E-state index contributed by atoms with van der Waals surface area (Å²) in [6.07, 6.45) is 5.14. The molecule has 0 fully saturated rings. The summed E-state index contributed by atoms with van der Waals surface area (Å²) in [5, 5.41) is 0. The zero-order chi connectivity index (χ0) is 11.4. The second-order valence-electron chi connectivity index (χ2n) is 3.44. The molecular formula is C12H14N2O. The van der Waals surface area contributed by atoms with Gasteiger partial charge < -0.3 is 10.6 Å². The van der Waals surface area contributed by atoms with E-state index in [-0.39, 0.29) is 5.91 Å². The van der Waals surface area contributed by atoms with Gasteiger partial charge in [0, 0.05) is 18.3 Å². The predicted molar refractivity (Wildman–Crippen MR) is 61.4 cm³/mol. The first-order valence-electron chi connectivity index (χ1n) is 4.61. The Balaban J connectivity index is 3.01. The molecule has 0 heterocycles. The first-order chi connectivity index (χ1) is 7.06. The van der Waals surface area contributed by atoms with Crippen molar-refractivity contribution in [1.82, 2.24) is 4.90 Å². The van der Waals surface area contributed by atoms with Crippen molar-refractivity contribution < 1.29 is 4.79 Å². The van der Waals surface area contributed by atoms with Gasteiger partial charge in [-0.05, 0) is 24.6 Å². The van der Waals surface area contributed by atoms with Gasteiger partial charge in [0.2, 0.25) is 0 Å². The number of nitrogens with two attached hydrogens (primary N) is 1.